The molecule has 0 bridgehead atoms. The van der Waals surface area contributed by atoms with E-state index in [1.807, 2.05) is 50.7 Å². The molecule has 0 spiro atoms. The molecule has 0 saturated carbocycles. The van der Waals surface area contributed by atoms with Gasteiger partial charge in [0.15, 0.2) is 5.78 Å². The molecule has 1 heterocycles. The molecule has 3 nitrogen and oxygen atoms in total. The Labute approximate surface area is 140 Å². The fourth-order valence-corrected chi connectivity index (χ4v) is 2.51. The third kappa shape index (κ3) is 5.59. The Kier molecular flexibility index (Phi) is 8.17. The summed E-state index contributed by atoms with van der Waals surface area (Å²) < 4.78 is 7.22. The van der Waals surface area contributed by atoms with E-state index in [9.17, 15) is 4.79 Å². The molecule has 23 heavy (non-hydrogen) atoms. The van der Waals surface area contributed by atoms with Crippen molar-refractivity contribution in [2.24, 2.45) is 7.05 Å². The number of unbranched alkanes of at least 4 members (excludes halogenated alkanes) is 1. The Balaban J connectivity index is 0.00000127. The molecule has 0 aliphatic carbocycles. The number of carbonyl (C=O) groups is 1. The monoisotopic (exact) mass is 315 g/mol. The third-order valence-electron chi connectivity index (χ3n) is 3.82. The summed E-state index contributed by atoms with van der Waals surface area (Å²) in [4.78, 5) is 12.0. The fourth-order valence-electron chi connectivity index (χ4n) is 2.51. The average molecular weight is 315 g/mol. The van der Waals surface area contributed by atoms with Crippen LogP contribution >= 0.6 is 0 Å². The number of aryl methyl sites for hydroxylation is 3. The molecule has 2 aromatic rings. The Morgan fingerprint density at radius 1 is 1.17 bits per heavy atom. The molecule has 0 atom stereocenters. The largest absolute Gasteiger partial charge is 0.496 e. The Morgan fingerprint density at radius 3 is 2.52 bits per heavy atom. The van der Waals surface area contributed by atoms with Crippen LogP contribution in [0, 0.1) is 6.92 Å². The molecule has 0 aliphatic heterocycles. The van der Waals surface area contributed by atoms with E-state index in [1.54, 1.807) is 7.11 Å². The van der Waals surface area contributed by atoms with E-state index in [0.29, 0.717) is 6.42 Å². The second kappa shape index (κ2) is 9.88. The van der Waals surface area contributed by atoms with Crippen LogP contribution in [0.5, 0.6) is 5.75 Å². The van der Waals surface area contributed by atoms with Crippen molar-refractivity contribution in [3.63, 3.8) is 0 Å². The molecule has 0 aliphatic rings. The predicted octanol–water partition coefficient (Wildman–Crippen LogP) is 4.96. The standard InChI is InChI=1S/C18H23NO2.C2H6/c1-14-10-11-15(13-18(14)21-3)7-4-5-9-17(20)16-8-6-12-19(16)2;1-2/h6,8,10-13H,4-5,7,9H2,1-3H3;1-2H3. The first-order valence-corrected chi connectivity index (χ1v) is 8.40. The summed E-state index contributed by atoms with van der Waals surface area (Å²) in [5, 5.41) is 0. The van der Waals surface area contributed by atoms with Gasteiger partial charge in [0.05, 0.1) is 12.8 Å². The number of ketones is 1. The molecule has 1 aromatic carbocycles. The smallest absolute Gasteiger partial charge is 0.179 e. The van der Waals surface area contributed by atoms with Crippen molar-refractivity contribution in [2.45, 2.75) is 46.5 Å². The zero-order valence-corrected chi connectivity index (χ0v) is 15.1. The molecule has 0 fully saturated rings. The van der Waals surface area contributed by atoms with Crippen LogP contribution in [0.25, 0.3) is 0 Å². The highest BCUT2D eigenvalue weighted by atomic mass is 16.5. The average Bonchev–Trinajstić information content (AvgIpc) is 3.00. The molecule has 1 aromatic heterocycles. The summed E-state index contributed by atoms with van der Waals surface area (Å²) in [5.41, 5.74) is 3.22. The van der Waals surface area contributed by atoms with Crippen molar-refractivity contribution in [1.82, 2.24) is 4.57 Å². The highest BCUT2D eigenvalue weighted by molar-refractivity contribution is 5.94. The van der Waals surface area contributed by atoms with E-state index in [0.717, 1.165) is 36.3 Å². The van der Waals surface area contributed by atoms with Gasteiger partial charge in [-0.1, -0.05) is 26.0 Å². The van der Waals surface area contributed by atoms with Crippen molar-refractivity contribution in [3.8, 4) is 5.75 Å². The summed E-state index contributed by atoms with van der Waals surface area (Å²) in [7, 11) is 3.61. The first-order chi connectivity index (χ1) is 11.1. The van der Waals surface area contributed by atoms with Crippen LogP contribution in [0.1, 0.15) is 54.7 Å². The summed E-state index contributed by atoms with van der Waals surface area (Å²) in [6, 6.07) is 10.1. The molecule has 0 radical (unpaired) electrons. The van der Waals surface area contributed by atoms with E-state index < -0.39 is 0 Å². The van der Waals surface area contributed by atoms with Gasteiger partial charge in [0.2, 0.25) is 0 Å². The van der Waals surface area contributed by atoms with Gasteiger partial charge in [-0.3, -0.25) is 4.79 Å². The Bertz CT molecular complexity index is 614. The quantitative estimate of drug-likeness (QED) is 0.534. The normalized spacial score (nSPS) is 9.96. The van der Waals surface area contributed by atoms with E-state index in [-0.39, 0.29) is 5.78 Å². The van der Waals surface area contributed by atoms with Crippen LogP contribution in [0.2, 0.25) is 0 Å². The van der Waals surface area contributed by atoms with E-state index in [1.165, 1.54) is 5.56 Å². The number of hydrogen-bond acceptors (Lipinski definition) is 2. The maximum atomic E-state index is 12.0. The van der Waals surface area contributed by atoms with Gasteiger partial charge in [0.25, 0.3) is 0 Å². The summed E-state index contributed by atoms with van der Waals surface area (Å²) >= 11 is 0. The van der Waals surface area contributed by atoms with E-state index in [2.05, 4.69) is 18.2 Å². The first kappa shape index (κ1) is 19.0. The van der Waals surface area contributed by atoms with Crippen molar-refractivity contribution in [1.29, 1.82) is 0 Å². The summed E-state index contributed by atoms with van der Waals surface area (Å²) in [6.45, 7) is 6.04. The van der Waals surface area contributed by atoms with Crippen LogP contribution in [-0.2, 0) is 13.5 Å². The molecule has 3 heteroatoms. The number of nitrogens with zero attached hydrogens (tertiary/aromatic N) is 1. The van der Waals surface area contributed by atoms with Crippen LogP contribution in [-0.4, -0.2) is 17.5 Å². The van der Waals surface area contributed by atoms with Gasteiger partial charge in [0, 0.05) is 19.7 Å². The number of hydrogen-bond donors (Lipinski definition) is 0. The SMILES string of the molecule is CC.COc1cc(CCCCC(=O)c2cccn2C)ccc1C. The van der Waals surface area contributed by atoms with E-state index >= 15 is 0 Å². The highest BCUT2D eigenvalue weighted by Gasteiger charge is 2.08. The minimum Gasteiger partial charge on any atom is -0.496 e. The molecule has 2 rings (SSSR count). The van der Waals surface area contributed by atoms with Gasteiger partial charge in [-0.25, -0.2) is 0 Å². The Hall–Kier alpha value is -2.03. The van der Waals surface area contributed by atoms with Crippen LogP contribution < -0.4 is 4.74 Å². The lowest BCUT2D eigenvalue weighted by Gasteiger charge is -2.07. The Morgan fingerprint density at radius 2 is 1.91 bits per heavy atom. The third-order valence-corrected chi connectivity index (χ3v) is 3.82. The lowest BCUT2D eigenvalue weighted by Crippen LogP contribution is -2.05. The number of aromatic nitrogens is 1. The van der Waals surface area contributed by atoms with Crippen LogP contribution in [0.4, 0.5) is 0 Å². The lowest BCUT2D eigenvalue weighted by atomic mass is 10.0. The number of rotatable bonds is 7. The van der Waals surface area contributed by atoms with Gasteiger partial charge in [-0.05, 0) is 55.5 Å². The molecule has 0 N–H and O–H groups in total. The van der Waals surface area contributed by atoms with Crippen LogP contribution in [0.15, 0.2) is 36.5 Å². The zero-order chi connectivity index (χ0) is 17.2. The second-order valence-electron chi connectivity index (χ2n) is 5.44. The highest BCUT2D eigenvalue weighted by Crippen LogP contribution is 2.20. The minimum absolute atomic E-state index is 0.226. The summed E-state index contributed by atoms with van der Waals surface area (Å²) in [5.74, 6) is 1.16. The van der Waals surface area contributed by atoms with Crippen LogP contribution in [0.3, 0.4) is 0 Å². The van der Waals surface area contributed by atoms with Crippen molar-refractivity contribution >= 4 is 5.78 Å². The predicted molar refractivity (Wildman–Crippen MR) is 96.4 cm³/mol. The second-order valence-corrected chi connectivity index (χ2v) is 5.44. The number of carbonyl (C=O) groups excluding carboxylic acids is 1. The minimum atomic E-state index is 0.226. The van der Waals surface area contributed by atoms with Crippen molar-refractivity contribution < 1.29 is 9.53 Å². The maximum Gasteiger partial charge on any atom is 0.179 e. The summed E-state index contributed by atoms with van der Waals surface area (Å²) in [6.07, 6.45) is 5.44. The molecule has 0 amide bonds. The molecular weight excluding hydrogens is 286 g/mol. The first-order valence-electron chi connectivity index (χ1n) is 8.40. The number of Topliss-reactive ketones (excluding diaryl/α,β-unsaturated/α-hetero) is 1. The number of methoxy groups -OCH3 is 1. The zero-order valence-electron chi connectivity index (χ0n) is 15.1. The molecule has 0 unspecified atom stereocenters. The van der Waals surface area contributed by atoms with Crippen molar-refractivity contribution in [2.75, 3.05) is 7.11 Å². The number of benzene rings is 1. The molecular formula is C20H29NO2. The maximum absolute atomic E-state index is 12.0. The van der Waals surface area contributed by atoms with Gasteiger partial charge >= 0.3 is 0 Å². The van der Waals surface area contributed by atoms with Crippen molar-refractivity contribution in [3.05, 3.63) is 53.3 Å². The van der Waals surface area contributed by atoms with Gasteiger partial charge in [0.1, 0.15) is 5.75 Å². The van der Waals surface area contributed by atoms with Gasteiger partial charge < -0.3 is 9.30 Å². The fraction of sp³-hybridized carbons (Fsp3) is 0.450. The topological polar surface area (TPSA) is 31.2 Å². The van der Waals surface area contributed by atoms with Gasteiger partial charge in [-0.2, -0.15) is 0 Å². The lowest BCUT2D eigenvalue weighted by molar-refractivity contribution is 0.0971. The van der Waals surface area contributed by atoms with Gasteiger partial charge in [-0.15, -0.1) is 0 Å². The molecule has 0 saturated heterocycles. The van der Waals surface area contributed by atoms with E-state index in [4.69, 9.17) is 4.74 Å². The number of ether oxygens (including phenoxy) is 1. The molecule has 126 valence electrons.